The van der Waals surface area contributed by atoms with Crippen molar-refractivity contribution in [1.82, 2.24) is 10.2 Å². The number of aryl methyl sites for hydroxylation is 2. The van der Waals surface area contributed by atoms with Gasteiger partial charge >= 0.3 is 0 Å². The van der Waals surface area contributed by atoms with Crippen molar-refractivity contribution in [2.45, 2.75) is 24.3 Å². The summed E-state index contributed by atoms with van der Waals surface area (Å²) in [7, 11) is 0. The van der Waals surface area contributed by atoms with E-state index in [0.717, 1.165) is 39.8 Å². The highest BCUT2D eigenvalue weighted by Crippen LogP contribution is 2.32. The summed E-state index contributed by atoms with van der Waals surface area (Å²) in [6.45, 7) is 0. The zero-order valence-corrected chi connectivity index (χ0v) is 17.1. The van der Waals surface area contributed by atoms with Gasteiger partial charge in [-0.25, -0.2) is 4.39 Å². The Kier molecular flexibility index (Phi) is 5.05. The van der Waals surface area contributed by atoms with Crippen molar-refractivity contribution < 1.29 is 9.18 Å². The van der Waals surface area contributed by atoms with Crippen molar-refractivity contribution in [1.29, 1.82) is 0 Å². The molecular formula is C25H19FN2OS. The lowest BCUT2D eigenvalue weighted by Gasteiger charge is -2.09. The number of hydrogen-bond acceptors (Lipinski definition) is 4. The van der Waals surface area contributed by atoms with E-state index in [0.29, 0.717) is 11.4 Å². The molecule has 0 atom stereocenters. The van der Waals surface area contributed by atoms with Crippen molar-refractivity contribution in [3.05, 3.63) is 89.2 Å². The van der Waals surface area contributed by atoms with Crippen molar-refractivity contribution >= 4 is 28.3 Å². The maximum Gasteiger partial charge on any atom is 0.173 e. The Morgan fingerprint density at radius 2 is 1.67 bits per heavy atom. The van der Waals surface area contributed by atoms with Gasteiger partial charge in [-0.05, 0) is 60.7 Å². The molecule has 3 nitrogen and oxygen atoms in total. The van der Waals surface area contributed by atoms with Crippen LogP contribution < -0.4 is 0 Å². The minimum absolute atomic E-state index is 0.100. The predicted octanol–water partition coefficient (Wildman–Crippen LogP) is 5.90. The number of fused-ring (bicyclic) bond motifs is 2. The second-order valence-corrected chi connectivity index (χ2v) is 8.42. The third kappa shape index (κ3) is 3.61. The number of Topliss-reactive ketones (excluding diaryl/α,β-unsaturated/α-hetero) is 1. The van der Waals surface area contributed by atoms with E-state index in [1.807, 2.05) is 36.4 Å². The summed E-state index contributed by atoms with van der Waals surface area (Å²) in [5.74, 6) is 0.129. The molecule has 1 heterocycles. The highest BCUT2D eigenvalue weighted by Gasteiger charge is 2.16. The lowest BCUT2D eigenvalue weighted by Crippen LogP contribution is -2.04. The predicted molar refractivity (Wildman–Crippen MR) is 118 cm³/mol. The van der Waals surface area contributed by atoms with Gasteiger partial charge in [-0.1, -0.05) is 48.2 Å². The van der Waals surface area contributed by atoms with Gasteiger partial charge in [0.1, 0.15) is 16.5 Å². The molecular weight excluding hydrogens is 395 g/mol. The largest absolute Gasteiger partial charge is 0.293 e. The summed E-state index contributed by atoms with van der Waals surface area (Å²) in [6.07, 6.45) is 3.34. The van der Waals surface area contributed by atoms with Crippen LogP contribution in [0.15, 0.2) is 71.8 Å². The SMILES string of the molecule is O=C(CSc1nnc(-c2ccc(F)cc2)c2ccccc12)c1ccc2c(c1)CCC2. The molecule has 0 radical (unpaired) electrons. The van der Waals surface area contributed by atoms with Crippen LogP contribution in [0.5, 0.6) is 0 Å². The first-order chi connectivity index (χ1) is 14.7. The van der Waals surface area contributed by atoms with E-state index in [1.54, 1.807) is 12.1 Å². The van der Waals surface area contributed by atoms with Crippen LogP contribution in [0.1, 0.15) is 27.9 Å². The highest BCUT2D eigenvalue weighted by atomic mass is 32.2. The molecule has 0 spiro atoms. The fourth-order valence-electron chi connectivity index (χ4n) is 3.97. The molecule has 0 N–H and O–H groups in total. The molecule has 0 aliphatic heterocycles. The minimum Gasteiger partial charge on any atom is -0.293 e. The van der Waals surface area contributed by atoms with Crippen molar-refractivity contribution in [3.63, 3.8) is 0 Å². The number of aromatic nitrogens is 2. The van der Waals surface area contributed by atoms with E-state index in [2.05, 4.69) is 16.3 Å². The maximum atomic E-state index is 13.3. The Balaban J connectivity index is 1.42. The molecule has 0 amide bonds. The Bertz CT molecular complexity index is 1250. The number of rotatable bonds is 5. The van der Waals surface area contributed by atoms with Crippen LogP contribution in [0, 0.1) is 5.82 Å². The average molecular weight is 415 g/mol. The fraction of sp³-hybridized carbons (Fsp3) is 0.160. The second kappa shape index (κ2) is 8.00. The van der Waals surface area contributed by atoms with Crippen LogP contribution in [0.25, 0.3) is 22.0 Å². The first-order valence-electron chi connectivity index (χ1n) is 9.98. The van der Waals surface area contributed by atoms with Gasteiger partial charge in [-0.2, -0.15) is 0 Å². The number of thioether (sulfide) groups is 1. The lowest BCUT2D eigenvalue weighted by atomic mass is 10.0. The molecule has 4 aromatic rings. The van der Waals surface area contributed by atoms with E-state index >= 15 is 0 Å². The quantitative estimate of drug-likeness (QED) is 0.301. The van der Waals surface area contributed by atoms with Crippen LogP contribution in [-0.4, -0.2) is 21.7 Å². The maximum absolute atomic E-state index is 13.3. The van der Waals surface area contributed by atoms with Crippen LogP contribution in [0.2, 0.25) is 0 Å². The standard InChI is InChI=1S/C25H19FN2OS/c26-20-12-10-17(11-13-20)24-21-6-1-2-7-22(21)25(28-27-24)30-15-23(29)19-9-8-16-4-3-5-18(16)14-19/h1-2,6-14H,3-5,15H2. The second-order valence-electron chi connectivity index (χ2n) is 7.46. The molecule has 0 saturated heterocycles. The van der Waals surface area contributed by atoms with E-state index in [4.69, 9.17) is 0 Å². The first-order valence-corrected chi connectivity index (χ1v) is 11.0. The summed E-state index contributed by atoms with van der Waals surface area (Å²) in [5, 5.41) is 11.4. The number of ketones is 1. The molecule has 1 aliphatic rings. The molecule has 148 valence electrons. The third-order valence-electron chi connectivity index (χ3n) is 5.53. The molecule has 0 bridgehead atoms. The zero-order valence-electron chi connectivity index (χ0n) is 16.3. The molecule has 1 aromatic heterocycles. The van der Waals surface area contributed by atoms with Gasteiger partial charge in [0.05, 0.1) is 5.75 Å². The molecule has 0 fully saturated rings. The number of hydrogen-bond donors (Lipinski definition) is 0. The fourth-order valence-corrected chi connectivity index (χ4v) is 4.84. The highest BCUT2D eigenvalue weighted by molar-refractivity contribution is 8.00. The number of carbonyl (C=O) groups is 1. The Morgan fingerprint density at radius 3 is 2.50 bits per heavy atom. The summed E-state index contributed by atoms with van der Waals surface area (Å²) >= 11 is 1.41. The Morgan fingerprint density at radius 1 is 0.900 bits per heavy atom. The third-order valence-corrected chi connectivity index (χ3v) is 6.51. The molecule has 0 unspecified atom stereocenters. The van der Waals surface area contributed by atoms with Crippen LogP contribution in [0.3, 0.4) is 0 Å². The van der Waals surface area contributed by atoms with Crippen molar-refractivity contribution in [2.24, 2.45) is 0 Å². The normalized spacial score (nSPS) is 12.8. The van der Waals surface area contributed by atoms with Crippen molar-refractivity contribution in [2.75, 3.05) is 5.75 Å². The molecule has 0 saturated carbocycles. The smallest absolute Gasteiger partial charge is 0.173 e. The van der Waals surface area contributed by atoms with Crippen LogP contribution in [-0.2, 0) is 12.8 Å². The average Bonchev–Trinajstić information content (AvgIpc) is 3.26. The Labute approximate surface area is 178 Å². The van der Waals surface area contributed by atoms with E-state index in [9.17, 15) is 9.18 Å². The molecule has 3 aromatic carbocycles. The van der Waals surface area contributed by atoms with E-state index in [-0.39, 0.29) is 11.6 Å². The summed E-state index contributed by atoms with van der Waals surface area (Å²) < 4.78 is 13.3. The number of halogens is 1. The molecule has 5 heteroatoms. The van der Waals surface area contributed by atoms with Crippen LogP contribution >= 0.6 is 11.8 Å². The van der Waals surface area contributed by atoms with E-state index < -0.39 is 0 Å². The minimum atomic E-state index is -0.284. The van der Waals surface area contributed by atoms with Gasteiger partial charge in [0.15, 0.2) is 5.78 Å². The van der Waals surface area contributed by atoms with Crippen molar-refractivity contribution in [3.8, 4) is 11.3 Å². The zero-order chi connectivity index (χ0) is 20.5. The molecule has 1 aliphatic carbocycles. The van der Waals surface area contributed by atoms with Gasteiger partial charge < -0.3 is 0 Å². The lowest BCUT2D eigenvalue weighted by molar-refractivity contribution is 0.102. The number of nitrogens with zero attached hydrogens (tertiary/aromatic N) is 2. The number of carbonyl (C=O) groups excluding carboxylic acids is 1. The molecule has 5 rings (SSSR count). The summed E-state index contributed by atoms with van der Waals surface area (Å²) in [4.78, 5) is 12.8. The van der Waals surface area contributed by atoms with Gasteiger partial charge in [0.2, 0.25) is 0 Å². The van der Waals surface area contributed by atoms with E-state index in [1.165, 1.54) is 41.4 Å². The summed E-state index contributed by atoms with van der Waals surface area (Å²) in [5.41, 5.74) is 4.96. The van der Waals surface area contributed by atoms with Gasteiger partial charge in [0.25, 0.3) is 0 Å². The Hall–Kier alpha value is -3.05. The van der Waals surface area contributed by atoms with Crippen LogP contribution in [0.4, 0.5) is 4.39 Å². The summed E-state index contributed by atoms with van der Waals surface area (Å²) in [6, 6.07) is 20.2. The van der Waals surface area contributed by atoms with Gasteiger partial charge in [-0.15, -0.1) is 10.2 Å². The molecule has 30 heavy (non-hydrogen) atoms. The first kappa shape index (κ1) is 18.9. The number of benzene rings is 3. The van der Waals surface area contributed by atoms with Gasteiger partial charge in [0, 0.05) is 21.9 Å². The van der Waals surface area contributed by atoms with Gasteiger partial charge in [-0.3, -0.25) is 4.79 Å². The topological polar surface area (TPSA) is 42.9 Å². The monoisotopic (exact) mass is 414 g/mol.